The Morgan fingerprint density at radius 1 is 0.286 bits per heavy atom. The first-order chi connectivity index (χ1) is 45.5. The van der Waals surface area contributed by atoms with Gasteiger partial charge in [-0.15, -0.1) is 0 Å². The molecular weight excluding hydrogens is 885 g/mol. The van der Waals surface area contributed by atoms with E-state index >= 15 is 0 Å². The third-order valence-corrected chi connectivity index (χ3v) is 11.9. The van der Waals surface area contributed by atoms with E-state index in [1.54, 1.807) is 0 Å². The van der Waals surface area contributed by atoms with Gasteiger partial charge in [0, 0.05) is 13.2 Å². The Morgan fingerprint density at radius 2 is 0.529 bits per heavy atom. The van der Waals surface area contributed by atoms with Crippen molar-refractivity contribution in [3.63, 3.8) is 0 Å². The van der Waals surface area contributed by atoms with Crippen molar-refractivity contribution < 1.29 is 96.3 Å². The molecule has 0 aliphatic carbocycles. The van der Waals surface area contributed by atoms with Crippen LogP contribution in [-0.4, -0.2) is 143 Å². The molecule has 0 heterocycles. The van der Waals surface area contributed by atoms with Crippen LogP contribution >= 0.6 is 0 Å². The van der Waals surface area contributed by atoms with Gasteiger partial charge in [-0.2, -0.15) is 0 Å². The first-order valence-corrected chi connectivity index (χ1v) is 26.0. The fourth-order valence-electron chi connectivity index (χ4n) is 7.59. The van der Waals surface area contributed by atoms with Crippen molar-refractivity contribution in [3.05, 3.63) is 0 Å². The Hall–Kier alpha value is -0.440. The van der Waals surface area contributed by atoms with Gasteiger partial charge in [-0.05, 0) is 60.2 Å². The van der Waals surface area contributed by atoms with Crippen molar-refractivity contribution in [2.24, 2.45) is 47.3 Å². The maximum Gasteiger partial charge on any atom is 0.104 e. The fourth-order valence-corrected chi connectivity index (χ4v) is 7.59. The maximum atomic E-state index is 9.35. The van der Waals surface area contributed by atoms with Crippen LogP contribution in [0, 0.1) is 47.3 Å². The smallest absolute Gasteiger partial charge is 0.104 e. The molecule has 0 amide bonds. The average Bonchev–Trinajstić information content (AvgIpc) is 0.752. The molecule has 11 heteroatoms. The Bertz CT molecular complexity index is 2350. The van der Waals surface area contributed by atoms with Crippen molar-refractivity contribution in [1.29, 1.82) is 0 Å². The number of rotatable bonds is 58. The predicted octanol–water partition coefficient (Wildman–Crippen LogP) is 13.4. The van der Waals surface area contributed by atoms with E-state index in [9.17, 15) is 5.11 Å². The van der Waals surface area contributed by atoms with Gasteiger partial charge in [0.25, 0.3) is 0 Å². The molecule has 2 unspecified atom stereocenters. The summed E-state index contributed by atoms with van der Waals surface area (Å²) in [5.41, 5.74) is 0. The molecule has 70 heavy (non-hydrogen) atoms. The maximum absolute atomic E-state index is 9.35. The monoisotopic (exact) mass is 1040 g/mol. The van der Waals surface area contributed by atoms with Crippen LogP contribution in [0.15, 0.2) is 0 Å². The molecule has 0 bridgehead atoms. The topological polar surface area (TPSA) is 113 Å². The van der Waals surface area contributed by atoms with Crippen molar-refractivity contribution in [3.8, 4) is 0 Å². The summed E-state index contributed by atoms with van der Waals surface area (Å²) in [6.07, 6.45) is 21.0. The molecule has 7 atom stereocenters. The van der Waals surface area contributed by atoms with E-state index < -0.39 is 118 Å². The summed E-state index contributed by atoms with van der Waals surface area (Å²) in [5.74, 6) is 4.51. The number of aliphatic hydroxyl groups is 1. The van der Waals surface area contributed by atoms with Crippen LogP contribution in [0.3, 0.4) is 0 Å². The van der Waals surface area contributed by atoms with Gasteiger partial charge < -0.3 is 52.5 Å². The van der Waals surface area contributed by atoms with Gasteiger partial charge in [0.1, 0.15) is 6.10 Å². The van der Waals surface area contributed by atoms with E-state index in [2.05, 4.69) is 102 Å². The minimum Gasteiger partial charge on any atom is -0.394 e. The molecule has 0 fully saturated rings. The van der Waals surface area contributed by atoms with Crippen molar-refractivity contribution in [1.82, 2.24) is 0 Å². The minimum atomic E-state index is -4.68. The third-order valence-electron chi connectivity index (χ3n) is 11.9. The van der Waals surface area contributed by atoms with Crippen LogP contribution in [0.2, 0.25) is 0 Å². The standard InChI is InChI=1S/C59H120O11/c1-51(2)17-11-19-53(5)21-13-23-55(7)25-15-27-57(9)29-32-68-49-59(70-33-30-58(10)28-16-26-56(8)24-14-22-54(6)20-12-18-52(3)4)50-69-48-47-67-46-45-66-44-43-65-42-41-64-40-39-63-38-37-62-36-35-61-34-31-60/h51-60H,11-50H2,1-10H3/t53-,54-,55-,56-,57?,58?,59-/m0/s1/i31D2,34D2,35D2,36D2,37D2,38D2,39D2,40D2,41D2,42D2,43D2,44D2,45D2,46D2,47D2,48D2. The van der Waals surface area contributed by atoms with Crippen LogP contribution in [0.4, 0.5) is 0 Å². The van der Waals surface area contributed by atoms with Gasteiger partial charge in [0.15, 0.2) is 0 Å². The predicted molar refractivity (Wildman–Crippen MR) is 291 cm³/mol. The Morgan fingerprint density at radius 3 is 0.829 bits per heavy atom. The second kappa shape index (κ2) is 53.4. The van der Waals surface area contributed by atoms with E-state index in [0.29, 0.717) is 54.3 Å². The van der Waals surface area contributed by atoms with Gasteiger partial charge in [-0.1, -0.05) is 185 Å². The largest absolute Gasteiger partial charge is 0.394 e. The van der Waals surface area contributed by atoms with Crippen LogP contribution in [-0.2, 0) is 47.4 Å². The number of hydrogen-bond acceptors (Lipinski definition) is 11. The van der Waals surface area contributed by atoms with Crippen molar-refractivity contribution >= 4 is 0 Å². The van der Waals surface area contributed by atoms with Gasteiger partial charge >= 0.3 is 0 Å². The highest BCUT2D eigenvalue weighted by atomic mass is 16.6. The zero-order chi connectivity index (χ0) is 80.2. The summed E-state index contributed by atoms with van der Waals surface area (Å²) in [6, 6.07) is 0. The Kier molecular flexibility index (Phi) is 24.7. The summed E-state index contributed by atoms with van der Waals surface area (Å²) in [7, 11) is 0. The summed E-state index contributed by atoms with van der Waals surface area (Å²) in [4.78, 5) is 0. The molecule has 0 aliphatic heterocycles. The third kappa shape index (κ3) is 53.8. The number of hydrogen-bond donors (Lipinski definition) is 1. The van der Waals surface area contributed by atoms with Gasteiger partial charge in [-0.25, -0.2) is 0 Å². The van der Waals surface area contributed by atoms with E-state index in [-0.39, 0.29) is 25.7 Å². The summed E-state index contributed by atoms with van der Waals surface area (Å²) in [5, 5.41) is 9.35. The molecule has 0 saturated heterocycles. The summed E-state index contributed by atoms with van der Waals surface area (Å²) >= 11 is 0. The lowest BCUT2D eigenvalue weighted by molar-refractivity contribution is -0.0723. The van der Waals surface area contributed by atoms with Crippen molar-refractivity contribution in [2.75, 3.05) is 131 Å². The molecule has 1 N–H and O–H groups in total. The van der Waals surface area contributed by atoms with Crippen LogP contribution in [0.1, 0.15) is 242 Å². The van der Waals surface area contributed by atoms with E-state index in [1.807, 2.05) is 0 Å². The quantitative estimate of drug-likeness (QED) is 0.0588. The van der Waals surface area contributed by atoms with Crippen molar-refractivity contribution in [2.45, 2.75) is 204 Å². The second-order valence-electron chi connectivity index (χ2n) is 19.8. The molecule has 0 aromatic rings. The van der Waals surface area contributed by atoms with Gasteiger partial charge in [0.2, 0.25) is 0 Å². The lowest BCUT2D eigenvalue weighted by Gasteiger charge is -2.21. The first kappa shape index (κ1) is 32.3. The van der Waals surface area contributed by atoms with E-state index in [4.69, 9.17) is 58.1 Å². The van der Waals surface area contributed by atoms with Crippen LogP contribution in [0.5, 0.6) is 0 Å². The molecule has 0 rings (SSSR count). The minimum absolute atomic E-state index is 0.151. The average molecular weight is 1040 g/mol. The summed E-state index contributed by atoms with van der Waals surface area (Å²) < 4.78 is 303. The highest BCUT2D eigenvalue weighted by Gasteiger charge is 2.14. The molecular formula is C59H120O11. The highest BCUT2D eigenvalue weighted by molar-refractivity contribution is 4.64. The molecule has 0 aromatic heterocycles. The van der Waals surface area contributed by atoms with Crippen LogP contribution < -0.4 is 0 Å². The molecule has 11 nitrogen and oxygen atoms in total. The summed E-state index contributed by atoms with van der Waals surface area (Å²) in [6.45, 7) is -48.8. The van der Waals surface area contributed by atoms with Gasteiger partial charge in [-0.3, -0.25) is 0 Å². The van der Waals surface area contributed by atoms with Crippen LogP contribution in [0.25, 0.3) is 0 Å². The normalized spacial score (nSPS) is 25.3. The van der Waals surface area contributed by atoms with E-state index in [1.165, 1.54) is 70.6 Å². The lowest BCUT2D eigenvalue weighted by Crippen LogP contribution is -2.28. The zero-order valence-electron chi connectivity index (χ0n) is 76.7. The molecule has 422 valence electrons. The molecule has 0 spiro atoms. The zero-order valence-corrected chi connectivity index (χ0v) is 44.7. The SMILES string of the molecule is [2H]C([2H])(O)C([2H])([2H])OC([2H])([2H])C([2H])([2H])OC([2H])([2H])C([2H])([2H])OC([2H])([2H])C([2H])([2H])OC([2H])([2H])C([2H])([2H])OC([2H])([2H])C([2H])([2H])OC([2H])([2H])C([2H])([2H])OC([2H])([2H])C([2H])([2H])OC[C@H](COCCC(C)CCC[C@@H](C)CCC[C@@H](C)CCCC(C)C)OCCC(C)CCC[C@@H](C)CCC[C@@H](C)CCCC(C)C. The molecule has 0 saturated carbocycles. The second-order valence-corrected chi connectivity index (χ2v) is 19.8. The number of ether oxygens (including phenoxy) is 10. The Balaban J connectivity index is 6.31. The fraction of sp³-hybridized carbons (Fsp3) is 1.00. The molecule has 0 radical (unpaired) electrons. The molecule has 0 aromatic carbocycles. The van der Waals surface area contributed by atoms with E-state index in [0.717, 1.165) is 44.9 Å². The first-order valence-electron chi connectivity index (χ1n) is 42.0. The Labute approximate surface area is 479 Å². The molecule has 0 aliphatic rings. The van der Waals surface area contributed by atoms with Gasteiger partial charge in [0.05, 0.1) is 162 Å². The highest BCUT2D eigenvalue weighted by Crippen LogP contribution is 2.24. The lowest BCUT2D eigenvalue weighted by atomic mass is 9.91.